The summed E-state index contributed by atoms with van der Waals surface area (Å²) in [6, 6.07) is 21.2. The van der Waals surface area contributed by atoms with Crippen LogP contribution in [-0.4, -0.2) is 11.8 Å². The molecule has 0 aliphatic heterocycles. The lowest BCUT2D eigenvalue weighted by atomic mass is 10.0. The fraction of sp³-hybridized carbons (Fsp3) is 0.125. The molecule has 3 aromatic carbocycles. The van der Waals surface area contributed by atoms with Crippen molar-refractivity contribution in [2.45, 2.75) is 20.3 Å². The number of hydrogen-bond donors (Lipinski definition) is 2. The minimum atomic E-state index is -0.341. The number of nitriles is 1. The van der Waals surface area contributed by atoms with Crippen molar-refractivity contribution in [2.75, 3.05) is 10.6 Å². The Morgan fingerprint density at radius 1 is 0.862 bits per heavy atom. The normalized spacial score (nSPS) is 10.1. The fourth-order valence-corrected chi connectivity index (χ4v) is 3.04. The number of anilines is 2. The summed E-state index contributed by atoms with van der Waals surface area (Å²) in [6.07, 6.45) is 0.820. The molecule has 0 aliphatic carbocycles. The zero-order valence-corrected chi connectivity index (χ0v) is 16.3. The molecule has 0 bridgehead atoms. The van der Waals surface area contributed by atoms with Crippen LogP contribution in [0.2, 0.25) is 0 Å². The molecule has 0 atom stereocenters. The van der Waals surface area contributed by atoms with Gasteiger partial charge in [0.1, 0.15) is 6.07 Å². The van der Waals surface area contributed by atoms with Crippen LogP contribution in [0.25, 0.3) is 0 Å². The molecule has 0 radical (unpaired) electrons. The number of aryl methyl sites for hydroxylation is 2. The molecule has 5 nitrogen and oxygen atoms in total. The standard InChI is InChI=1S/C24H21N3O2/c1-3-17-9-6-7-16(2)22(17)27-24(29)19-13-11-18(12-14-19)23(28)26-21-10-5-4-8-20(21)15-25/h4-14H,3H2,1-2H3,(H,26,28)(H,27,29). The Morgan fingerprint density at radius 3 is 2.10 bits per heavy atom. The lowest BCUT2D eigenvalue weighted by Gasteiger charge is -2.13. The van der Waals surface area contributed by atoms with Gasteiger partial charge in [0.2, 0.25) is 0 Å². The largest absolute Gasteiger partial charge is 0.321 e. The van der Waals surface area contributed by atoms with E-state index in [1.54, 1.807) is 48.5 Å². The van der Waals surface area contributed by atoms with Crippen LogP contribution in [0.3, 0.4) is 0 Å². The van der Waals surface area contributed by atoms with E-state index in [2.05, 4.69) is 10.6 Å². The summed E-state index contributed by atoms with van der Waals surface area (Å²) in [6.45, 7) is 4.00. The Balaban J connectivity index is 1.74. The number of benzene rings is 3. The van der Waals surface area contributed by atoms with Crippen LogP contribution in [0.5, 0.6) is 0 Å². The molecule has 0 fully saturated rings. The second-order valence-electron chi connectivity index (χ2n) is 6.61. The molecule has 3 aromatic rings. The minimum absolute atomic E-state index is 0.226. The first-order valence-corrected chi connectivity index (χ1v) is 9.34. The summed E-state index contributed by atoms with van der Waals surface area (Å²) in [7, 11) is 0. The molecule has 144 valence electrons. The van der Waals surface area contributed by atoms with Crippen molar-refractivity contribution in [1.29, 1.82) is 5.26 Å². The number of carbonyl (C=O) groups is 2. The maximum absolute atomic E-state index is 12.6. The van der Waals surface area contributed by atoms with Gasteiger partial charge in [-0.25, -0.2) is 0 Å². The topological polar surface area (TPSA) is 82.0 Å². The van der Waals surface area contributed by atoms with Gasteiger partial charge in [0.05, 0.1) is 11.3 Å². The smallest absolute Gasteiger partial charge is 0.255 e. The highest BCUT2D eigenvalue weighted by Crippen LogP contribution is 2.22. The highest BCUT2D eigenvalue weighted by molar-refractivity contribution is 6.07. The zero-order valence-electron chi connectivity index (χ0n) is 16.3. The first-order chi connectivity index (χ1) is 14.0. The Hall–Kier alpha value is -3.91. The summed E-state index contributed by atoms with van der Waals surface area (Å²) >= 11 is 0. The van der Waals surface area contributed by atoms with E-state index in [1.165, 1.54) is 0 Å². The summed E-state index contributed by atoms with van der Waals surface area (Å²) in [4.78, 5) is 25.1. The van der Waals surface area contributed by atoms with Crippen molar-refractivity contribution in [2.24, 2.45) is 0 Å². The zero-order chi connectivity index (χ0) is 20.8. The highest BCUT2D eigenvalue weighted by Gasteiger charge is 2.13. The van der Waals surface area contributed by atoms with Gasteiger partial charge >= 0.3 is 0 Å². The predicted molar refractivity (Wildman–Crippen MR) is 114 cm³/mol. The molecule has 3 rings (SSSR count). The van der Waals surface area contributed by atoms with Crippen molar-refractivity contribution in [3.63, 3.8) is 0 Å². The lowest BCUT2D eigenvalue weighted by molar-refractivity contribution is 0.101. The van der Waals surface area contributed by atoms with Gasteiger partial charge in [-0.3, -0.25) is 9.59 Å². The average Bonchev–Trinajstić information content (AvgIpc) is 2.75. The molecule has 0 aromatic heterocycles. The van der Waals surface area contributed by atoms with Gasteiger partial charge in [0.15, 0.2) is 0 Å². The molecule has 5 heteroatoms. The lowest BCUT2D eigenvalue weighted by Crippen LogP contribution is -2.16. The minimum Gasteiger partial charge on any atom is -0.321 e. The third-order valence-electron chi connectivity index (χ3n) is 4.68. The molecule has 0 heterocycles. The molecule has 2 amide bonds. The molecule has 29 heavy (non-hydrogen) atoms. The Kier molecular flexibility index (Phi) is 6.06. The number of nitrogens with one attached hydrogen (secondary N) is 2. The molecular formula is C24H21N3O2. The summed E-state index contributed by atoms with van der Waals surface area (Å²) < 4.78 is 0. The molecule has 2 N–H and O–H groups in total. The fourth-order valence-electron chi connectivity index (χ4n) is 3.04. The van der Waals surface area contributed by atoms with Gasteiger partial charge in [-0.1, -0.05) is 37.3 Å². The maximum atomic E-state index is 12.6. The number of para-hydroxylation sites is 2. The van der Waals surface area contributed by atoms with Gasteiger partial charge < -0.3 is 10.6 Å². The van der Waals surface area contributed by atoms with Gasteiger partial charge in [0, 0.05) is 16.8 Å². The van der Waals surface area contributed by atoms with Crippen LogP contribution in [0.1, 0.15) is 44.3 Å². The Labute approximate surface area is 170 Å². The Morgan fingerprint density at radius 2 is 1.48 bits per heavy atom. The summed E-state index contributed by atoms with van der Waals surface area (Å²) in [5.74, 6) is -0.567. The monoisotopic (exact) mass is 383 g/mol. The molecule has 0 saturated carbocycles. The van der Waals surface area contributed by atoms with E-state index in [0.29, 0.717) is 22.4 Å². The van der Waals surface area contributed by atoms with E-state index < -0.39 is 0 Å². The number of carbonyl (C=O) groups excluding carboxylic acids is 2. The number of rotatable bonds is 5. The second kappa shape index (κ2) is 8.85. The van der Waals surface area contributed by atoms with E-state index in [1.807, 2.05) is 38.1 Å². The number of amides is 2. The first kappa shape index (κ1) is 19.8. The Bertz CT molecular complexity index is 1100. The van der Waals surface area contributed by atoms with Crippen LogP contribution in [0.15, 0.2) is 66.7 Å². The third-order valence-corrected chi connectivity index (χ3v) is 4.68. The van der Waals surface area contributed by atoms with Gasteiger partial charge in [-0.05, 0) is 60.9 Å². The van der Waals surface area contributed by atoms with E-state index in [0.717, 1.165) is 23.2 Å². The molecule has 0 aliphatic rings. The quantitative estimate of drug-likeness (QED) is 0.655. The van der Waals surface area contributed by atoms with E-state index >= 15 is 0 Å². The van der Waals surface area contributed by atoms with Crippen molar-refractivity contribution in [3.8, 4) is 6.07 Å². The molecular weight excluding hydrogens is 362 g/mol. The summed E-state index contributed by atoms with van der Waals surface area (Å²) in [5.41, 5.74) is 4.62. The van der Waals surface area contributed by atoms with Crippen molar-refractivity contribution in [3.05, 3.63) is 94.5 Å². The summed E-state index contributed by atoms with van der Waals surface area (Å²) in [5, 5.41) is 14.8. The van der Waals surface area contributed by atoms with E-state index in [9.17, 15) is 9.59 Å². The van der Waals surface area contributed by atoms with Crippen LogP contribution < -0.4 is 10.6 Å². The van der Waals surface area contributed by atoms with Crippen molar-refractivity contribution >= 4 is 23.2 Å². The maximum Gasteiger partial charge on any atom is 0.255 e. The van der Waals surface area contributed by atoms with Crippen LogP contribution in [0.4, 0.5) is 11.4 Å². The van der Waals surface area contributed by atoms with Gasteiger partial charge in [-0.15, -0.1) is 0 Å². The molecule has 0 spiro atoms. The average molecular weight is 383 g/mol. The van der Waals surface area contributed by atoms with Crippen LogP contribution >= 0.6 is 0 Å². The first-order valence-electron chi connectivity index (χ1n) is 9.34. The van der Waals surface area contributed by atoms with Crippen LogP contribution in [0, 0.1) is 18.3 Å². The van der Waals surface area contributed by atoms with Crippen molar-refractivity contribution < 1.29 is 9.59 Å². The van der Waals surface area contributed by atoms with E-state index in [-0.39, 0.29) is 11.8 Å². The molecule has 0 unspecified atom stereocenters. The second-order valence-corrected chi connectivity index (χ2v) is 6.61. The van der Waals surface area contributed by atoms with Crippen molar-refractivity contribution in [1.82, 2.24) is 0 Å². The van der Waals surface area contributed by atoms with Gasteiger partial charge in [-0.2, -0.15) is 5.26 Å². The number of hydrogen-bond acceptors (Lipinski definition) is 3. The predicted octanol–water partition coefficient (Wildman–Crippen LogP) is 4.93. The van der Waals surface area contributed by atoms with Crippen LogP contribution in [-0.2, 0) is 6.42 Å². The molecule has 0 saturated heterocycles. The SMILES string of the molecule is CCc1cccc(C)c1NC(=O)c1ccc(C(=O)Nc2ccccc2C#N)cc1. The highest BCUT2D eigenvalue weighted by atomic mass is 16.2. The van der Waals surface area contributed by atoms with Gasteiger partial charge in [0.25, 0.3) is 11.8 Å². The van der Waals surface area contributed by atoms with E-state index in [4.69, 9.17) is 5.26 Å². The third kappa shape index (κ3) is 4.50. The number of nitrogens with zero attached hydrogens (tertiary/aromatic N) is 1.